The molecule has 2 aromatic rings. The molecule has 0 radical (unpaired) electrons. The summed E-state index contributed by atoms with van der Waals surface area (Å²) >= 11 is 0. The number of carbonyl (C=O) groups is 1. The molecule has 0 spiro atoms. The lowest BCUT2D eigenvalue weighted by Crippen LogP contribution is -2.47. The fraction of sp³-hybridized carbons (Fsp3) is 0.400. The fourth-order valence-electron chi connectivity index (χ4n) is 3.77. The van der Waals surface area contributed by atoms with Gasteiger partial charge in [-0.15, -0.1) is 0 Å². The molecule has 30 heavy (non-hydrogen) atoms. The van der Waals surface area contributed by atoms with Crippen molar-refractivity contribution in [2.45, 2.75) is 20.3 Å². The standard InChI is InChI=1S/C25H33N3O2/c1-20-5-6-22(21(2)19-20)7-12-25(29)26-13-4-14-27-15-17-28(18-16-27)23-8-10-24(30-3)11-9-23/h5-12,19H,4,13-18H2,1-3H3,(H,26,29)/b12-7+. The van der Waals surface area contributed by atoms with Gasteiger partial charge in [0, 0.05) is 44.5 Å². The quantitative estimate of drug-likeness (QED) is 0.536. The molecule has 1 aliphatic heterocycles. The lowest BCUT2D eigenvalue weighted by atomic mass is 10.1. The van der Waals surface area contributed by atoms with Crippen LogP contribution in [0.1, 0.15) is 23.1 Å². The summed E-state index contributed by atoms with van der Waals surface area (Å²) in [5.41, 5.74) is 4.76. The van der Waals surface area contributed by atoms with Crippen molar-refractivity contribution < 1.29 is 9.53 Å². The van der Waals surface area contributed by atoms with E-state index in [4.69, 9.17) is 4.74 Å². The summed E-state index contributed by atoms with van der Waals surface area (Å²) in [6.07, 6.45) is 4.49. The number of hydrogen-bond acceptors (Lipinski definition) is 4. The average Bonchev–Trinajstić information content (AvgIpc) is 2.76. The van der Waals surface area contributed by atoms with Crippen molar-refractivity contribution in [3.8, 4) is 5.75 Å². The molecule has 1 heterocycles. The van der Waals surface area contributed by atoms with E-state index < -0.39 is 0 Å². The molecule has 5 heteroatoms. The van der Waals surface area contributed by atoms with E-state index in [1.807, 2.05) is 18.2 Å². The molecule has 0 bridgehead atoms. The second-order valence-electron chi connectivity index (χ2n) is 7.86. The zero-order valence-corrected chi connectivity index (χ0v) is 18.4. The maximum Gasteiger partial charge on any atom is 0.243 e. The monoisotopic (exact) mass is 407 g/mol. The lowest BCUT2D eigenvalue weighted by molar-refractivity contribution is -0.116. The Hall–Kier alpha value is -2.79. The molecule has 0 atom stereocenters. The largest absolute Gasteiger partial charge is 0.497 e. The summed E-state index contributed by atoms with van der Waals surface area (Å²) < 4.78 is 5.23. The molecule has 0 saturated carbocycles. The van der Waals surface area contributed by atoms with Crippen molar-refractivity contribution >= 4 is 17.7 Å². The molecule has 1 aliphatic rings. The highest BCUT2D eigenvalue weighted by atomic mass is 16.5. The maximum absolute atomic E-state index is 12.1. The Labute approximate surface area is 180 Å². The summed E-state index contributed by atoms with van der Waals surface area (Å²) in [5.74, 6) is 0.863. The second-order valence-corrected chi connectivity index (χ2v) is 7.86. The van der Waals surface area contributed by atoms with Crippen molar-refractivity contribution in [3.63, 3.8) is 0 Å². The van der Waals surface area contributed by atoms with E-state index in [1.54, 1.807) is 13.2 Å². The first-order chi connectivity index (χ1) is 14.5. The van der Waals surface area contributed by atoms with Gasteiger partial charge in [-0.2, -0.15) is 0 Å². The van der Waals surface area contributed by atoms with E-state index in [1.165, 1.54) is 16.8 Å². The highest BCUT2D eigenvalue weighted by Gasteiger charge is 2.16. The Kier molecular flexibility index (Phi) is 7.91. The molecule has 1 N–H and O–H groups in total. The molecule has 0 unspecified atom stereocenters. The minimum absolute atomic E-state index is 0.0284. The predicted molar refractivity (Wildman–Crippen MR) is 124 cm³/mol. The lowest BCUT2D eigenvalue weighted by Gasteiger charge is -2.36. The average molecular weight is 408 g/mol. The Morgan fingerprint density at radius 2 is 1.80 bits per heavy atom. The SMILES string of the molecule is COc1ccc(N2CCN(CCCNC(=O)/C=C/c3ccc(C)cc3C)CC2)cc1. The molecule has 0 aliphatic carbocycles. The second kappa shape index (κ2) is 10.8. The van der Waals surface area contributed by atoms with Gasteiger partial charge in [0.05, 0.1) is 7.11 Å². The first-order valence-corrected chi connectivity index (χ1v) is 10.7. The molecule has 1 amide bonds. The number of anilines is 1. The molecular weight excluding hydrogens is 374 g/mol. The summed E-state index contributed by atoms with van der Waals surface area (Å²) in [6.45, 7) is 10.0. The topological polar surface area (TPSA) is 44.8 Å². The Bertz CT molecular complexity index is 853. The minimum atomic E-state index is -0.0284. The number of nitrogens with zero attached hydrogens (tertiary/aromatic N) is 2. The van der Waals surface area contributed by atoms with Crippen molar-refractivity contribution in [2.24, 2.45) is 0 Å². The van der Waals surface area contributed by atoms with Crippen molar-refractivity contribution in [2.75, 3.05) is 51.3 Å². The van der Waals surface area contributed by atoms with Crippen LogP contribution in [0.15, 0.2) is 48.5 Å². The van der Waals surface area contributed by atoms with E-state index in [0.717, 1.165) is 50.5 Å². The van der Waals surface area contributed by atoms with Crippen LogP contribution in [-0.4, -0.2) is 57.2 Å². The van der Waals surface area contributed by atoms with E-state index in [0.29, 0.717) is 6.54 Å². The normalized spacial score (nSPS) is 14.8. The van der Waals surface area contributed by atoms with Gasteiger partial charge >= 0.3 is 0 Å². The summed E-state index contributed by atoms with van der Waals surface area (Å²) in [7, 11) is 1.69. The Morgan fingerprint density at radius 3 is 2.47 bits per heavy atom. The number of nitrogens with one attached hydrogen (secondary N) is 1. The van der Waals surface area contributed by atoms with Crippen LogP contribution in [-0.2, 0) is 4.79 Å². The van der Waals surface area contributed by atoms with Gasteiger partial charge in [0.2, 0.25) is 5.91 Å². The number of aryl methyl sites for hydroxylation is 2. The van der Waals surface area contributed by atoms with E-state index >= 15 is 0 Å². The molecule has 1 saturated heterocycles. The van der Waals surface area contributed by atoms with Gasteiger partial charge in [-0.05, 0) is 68.3 Å². The number of carbonyl (C=O) groups excluding carboxylic acids is 1. The zero-order chi connectivity index (χ0) is 21.3. The maximum atomic E-state index is 12.1. The highest BCUT2D eigenvalue weighted by molar-refractivity contribution is 5.91. The van der Waals surface area contributed by atoms with E-state index in [9.17, 15) is 4.79 Å². The fourth-order valence-corrected chi connectivity index (χ4v) is 3.77. The number of ether oxygens (including phenoxy) is 1. The minimum Gasteiger partial charge on any atom is -0.497 e. The third-order valence-electron chi connectivity index (χ3n) is 5.60. The van der Waals surface area contributed by atoms with Crippen LogP contribution in [0.3, 0.4) is 0 Å². The summed E-state index contributed by atoms with van der Waals surface area (Å²) in [4.78, 5) is 16.9. The molecule has 160 valence electrons. The van der Waals surface area contributed by atoms with E-state index in [2.05, 4.69) is 59.3 Å². The number of benzene rings is 2. The summed E-state index contributed by atoms with van der Waals surface area (Å²) in [5, 5.41) is 2.99. The van der Waals surface area contributed by atoms with Gasteiger partial charge in [0.1, 0.15) is 5.75 Å². The molecule has 3 rings (SSSR count). The van der Waals surface area contributed by atoms with Crippen molar-refractivity contribution in [3.05, 3.63) is 65.2 Å². The van der Waals surface area contributed by atoms with Gasteiger partial charge in [-0.25, -0.2) is 0 Å². The number of amides is 1. The van der Waals surface area contributed by atoms with Gasteiger partial charge in [-0.3, -0.25) is 9.69 Å². The van der Waals surface area contributed by atoms with Crippen LogP contribution >= 0.6 is 0 Å². The van der Waals surface area contributed by atoms with Crippen LogP contribution in [0.4, 0.5) is 5.69 Å². The molecule has 5 nitrogen and oxygen atoms in total. The molecular formula is C25H33N3O2. The number of piperazine rings is 1. The third-order valence-corrected chi connectivity index (χ3v) is 5.60. The highest BCUT2D eigenvalue weighted by Crippen LogP contribution is 2.20. The van der Waals surface area contributed by atoms with Crippen LogP contribution in [0.5, 0.6) is 5.75 Å². The number of methoxy groups -OCH3 is 1. The number of hydrogen-bond donors (Lipinski definition) is 1. The molecule has 2 aromatic carbocycles. The first kappa shape index (κ1) is 21.9. The van der Waals surface area contributed by atoms with Gasteiger partial charge in [0.15, 0.2) is 0 Å². The summed E-state index contributed by atoms with van der Waals surface area (Å²) in [6, 6.07) is 14.5. The van der Waals surface area contributed by atoms with Crippen molar-refractivity contribution in [1.82, 2.24) is 10.2 Å². The van der Waals surface area contributed by atoms with Crippen LogP contribution in [0, 0.1) is 13.8 Å². The van der Waals surface area contributed by atoms with Gasteiger partial charge < -0.3 is 15.0 Å². The zero-order valence-electron chi connectivity index (χ0n) is 18.4. The Balaban J connectivity index is 1.33. The van der Waals surface area contributed by atoms with Crippen LogP contribution in [0.2, 0.25) is 0 Å². The van der Waals surface area contributed by atoms with Gasteiger partial charge in [0.25, 0.3) is 0 Å². The predicted octanol–water partition coefficient (Wildman–Crippen LogP) is 3.65. The molecule has 0 aromatic heterocycles. The third kappa shape index (κ3) is 6.36. The van der Waals surface area contributed by atoms with Crippen LogP contribution < -0.4 is 15.0 Å². The smallest absolute Gasteiger partial charge is 0.243 e. The van der Waals surface area contributed by atoms with Crippen molar-refractivity contribution in [1.29, 1.82) is 0 Å². The Morgan fingerprint density at radius 1 is 1.07 bits per heavy atom. The number of rotatable bonds is 8. The van der Waals surface area contributed by atoms with Gasteiger partial charge in [-0.1, -0.05) is 23.8 Å². The first-order valence-electron chi connectivity index (χ1n) is 10.7. The van der Waals surface area contributed by atoms with E-state index in [-0.39, 0.29) is 5.91 Å². The van der Waals surface area contributed by atoms with Crippen LogP contribution in [0.25, 0.3) is 6.08 Å². The molecule has 1 fully saturated rings.